The van der Waals surface area contributed by atoms with Gasteiger partial charge in [0.25, 0.3) is 5.91 Å². The number of imide groups is 1. The molecular weight excluding hydrogens is 545 g/mol. The molecule has 0 aromatic heterocycles. The van der Waals surface area contributed by atoms with Crippen LogP contribution in [0, 0.1) is 5.82 Å². The molecule has 10 heteroatoms. The van der Waals surface area contributed by atoms with Gasteiger partial charge in [0, 0.05) is 0 Å². The number of nitrogens with zero attached hydrogens (tertiary/aromatic N) is 1. The van der Waals surface area contributed by atoms with Gasteiger partial charge >= 0.3 is 6.03 Å². The summed E-state index contributed by atoms with van der Waals surface area (Å²) in [4.78, 5) is 38.3. The summed E-state index contributed by atoms with van der Waals surface area (Å²) in [5.74, 6) is -1.07. The average Bonchev–Trinajstić information content (AvgIpc) is 3.13. The monoisotopic (exact) mass is 567 g/mol. The topological polar surface area (TPSA) is 97.0 Å². The van der Waals surface area contributed by atoms with Crippen LogP contribution in [0.3, 0.4) is 0 Å². The number of rotatable bonds is 9. The molecule has 1 aliphatic rings. The van der Waals surface area contributed by atoms with Gasteiger partial charge in [0.15, 0.2) is 11.5 Å². The number of urea groups is 1. The second-order valence-electron chi connectivity index (χ2n) is 7.94. The van der Waals surface area contributed by atoms with Gasteiger partial charge in [-0.25, -0.2) is 14.1 Å². The van der Waals surface area contributed by atoms with Crippen molar-refractivity contribution in [3.63, 3.8) is 0 Å². The third kappa shape index (κ3) is 6.34. The molecule has 1 saturated heterocycles. The van der Waals surface area contributed by atoms with Crippen LogP contribution >= 0.6 is 15.9 Å². The van der Waals surface area contributed by atoms with Crippen LogP contribution in [0.2, 0.25) is 0 Å². The van der Waals surface area contributed by atoms with Crippen LogP contribution in [-0.4, -0.2) is 35.9 Å². The molecule has 0 saturated carbocycles. The van der Waals surface area contributed by atoms with Crippen molar-refractivity contribution < 1.29 is 28.2 Å². The third-order valence-corrected chi connectivity index (χ3v) is 5.87. The SMILES string of the molecule is CCOc1cc(/C=C2/NC(=O)N(CC(=O)Nc3ccccc3F)C2=O)cc(Br)c1OCc1ccccc1. The van der Waals surface area contributed by atoms with Gasteiger partial charge in [0.1, 0.15) is 24.7 Å². The summed E-state index contributed by atoms with van der Waals surface area (Å²) < 4.78 is 26.1. The minimum absolute atomic E-state index is 0.0176. The van der Waals surface area contributed by atoms with Gasteiger partial charge in [0.05, 0.1) is 16.8 Å². The lowest BCUT2D eigenvalue weighted by atomic mass is 10.1. The Bertz CT molecular complexity index is 1360. The Morgan fingerprint density at radius 2 is 1.81 bits per heavy atom. The van der Waals surface area contributed by atoms with E-state index in [-0.39, 0.29) is 11.4 Å². The smallest absolute Gasteiger partial charge is 0.329 e. The zero-order valence-electron chi connectivity index (χ0n) is 19.8. The van der Waals surface area contributed by atoms with Crippen LogP contribution in [0.25, 0.3) is 6.08 Å². The molecule has 0 aliphatic carbocycles. The second-order valence-corrected chi connectivity index (χ2v) is 8.80. The third-order valence-electron chi connectivity index (χ3n) is 5.28. The first-order chi connectivity index (χ1) is 17.9. The van der Waals surface area contributed by atoms with Crippen LogP contribution in [-0.2, 0) is 16.2 Å². The van der Waals surface area contributed by atoms with E-state index >= 15 is 0 Å². The highest BCUT2D eigenvalue weighted by molar-refractivity contribution is 9.10. The van der Waals surface area contributed by atoms with E-state index in [2.05, 4.69) is 26.6 Å². The van der Waals surface area contributed by atoms with E-state index in [1.165, 1.54) is 24.3 Å². The molecule has 1 fully saturated rings. The highest BCUT2D eigenvalue weighted by atomic mass is 79.9. The highest BCUT2D eigenvalue weighted by Gasteiger charge is 2.35. The van der Waals surface area contributed by atoms with Crippen molar-refractivity contribution in [3.8, 4) is 11.5 Å². The zero-order valence-corrected chi connectivity index (χ0v) is 21.4. The number of ether oxygens (including phenoxy) is 2. The molecule has 1 aliphatic heterocycles. The van der Waals surface area contributed by atoms with Crippen molar-refractivity contribution in [3.05, 3.63) is 93.8 Å². The molecule has 1 heterocycles. The van der Waals surface area contributed by atoms with Gasteiger partial charge in [-0.05, 0) is 64.3 Å². The predicted octanol–water partition coefficient (Wildman–Crippen LogP) is 5.10. The Morgan fingerprint density at radius 3 is 2.54 bits per heavy atom. The lowest BCUT2D eigenvalue weighted by Gasteiger charge is -2.15. The van der Waals surface area contributed by atoms with Crippen molar-refractivity contribution in [1.82, 2.24) is 10.2 Å². The summed E-state index contributed by atoms with van der Waals surface area (Å²) in [5.41, 5.74) is 1.49. The second kappa shape index (κ2) is 11.7. The maximum Gasteiger partial charge on any atom is 0.329 e. The summed E-state index contributed by atoms with van der Waals surface area (Å²) in [6.07, 6.45) is 1.48. The number of hydrogen-bond acceptors (Lipinski definition) is 5. The van der Waals surface area contributed by atoms with Gasteiger partial charge in [-0.15, -0.1) is 0 Å². The largest absolute Gasteiger partial charge is 0.490 e. The van der Waals surface area contributed by atoms with E-state index in [1.807, 2.05) is 37.3 Å². The van der Waals surface area contributed by atoms with Crippen LogP contribution < -0.4 is 20.1 Å². The number of para-hydroxylation sites is 1. The normalized spacial score (nSPS) is 14.0. The van der Waals surface area contributed by atoms with E-state index in [1.54, 1.807) is 18.2 Å². The molecular formula is C27H23BrFN3O5. The van der Waals surface area contributed by atoms with Crippen molar-refractivity contribution >= 4 is 45.5 Å². The zero-order chi connectivity index (χ0) is 26.4. The summed E-state index contributed by atoms with van der Waals surface area (Å²) in [7, 11) is 0. The quantitative estimate of drug-likeness (QED) is 0.277. The molecule has 2 N–H and O–H groups in total. The Balaban J connectivity index is 1.49. The maximum atomic E-state index is 13.8. The number of anilines is 1. The molecule has 0 unspecified atom stereocenters. The Labute approximate surface area is 221 Å². The van der Waals surface area contributed by atoms with Gasteiger partial charge in [-0.3, -0.25) is 9.59 Å². The Morgan fingerprint density at radius 1 is 1.08 bits per heavy atom. The molecule has 0 spiro atoms. The number of carbonyl (C=O) groups excluding carboxylic acids is 3. The molecule has 190 valence electrons. The van der Waals surface area contributed by atoms with Crippen LogP contribution in [0.5, 0.6) is 11.5 Å². The first kappa shape index (κ1) is 25.9. The Kier molecular flexibility index (Phi) is 8.19. The number of carbonyl (C=O) groups is 3. The van der Waals surface area contributed by atoms with Crippen molar-refractivity contribution in [1.29, 1.82) is 0 Å². The first-order valence-electron chi connectivity index (χ1n) is 11.4. The molecule has 4 rings (SSSR count). The summed E-state index contributed by atoms with van der Waals surface area (Å²) in [6.45, 7) is 1.98. The lowest BCUT2D eigenvalue weighted by Crippen LogP contribution is -2.38. The Hall–Kier alpha value is -4.18. The molecule has 37 heavy (non-hydrogen) atoms. The molecule has 0 bridgehead atoms. The number of amides is 4. The minimum atomic E-state index is -0.758. The van der Waals surface area contributed by atoms with Gasteiger partial charge in [-0.2, -0.15) is 0 Å². The van der Waals surface area contributed by atoms with E-state index in [0.717, 1.165) is 10.5 Å². The summed E-state index contributed by atoms with van der Waals surface area (Å²) in [6, 6.07) is 17.9. The van der Waals surface area contributed by atoms with Crippen molar-refractivity contribution in [2.24, 2.45) is 0 Å². The van der Waals surface area contributed by atoms with Crippen LogP contribution in [0.4, 0.5) is 14.9 Å². The molecule has 3 aromatic carbocycles. The minimum Gasteiger partial charge on any atom is -0.490 e. The molecule has 4 amide bonds. The summed E-state index contributed by atoms with van der Waals surface area (Å²) in [5, 5.41) is 4.83. The lowest BCUT2D eigenvalue weighted by molar-refractivity contribution is -0.127. The predicted molar refractivity (Wildman–Crippen MR) is 139 cm³/mol. The van der Waals surface area contributed by atoms with Crippen LogP contribution in [0.1, 0.15) is 18.1 Å². The number of nitrogens with one attached hydrogen (secondary N) is 2. The molecule has 0 radical (unpaired) electrons. The number of halogens is 2. The molecule has 8 nitrogen and oxygen atoms in total. The standard InChI is InChI=1S/C27H23BrFN3O5/c1-2-36-23-14-18(12-19(28)25(23)37-16-17-8-4-3-5-9-17)13-22-26(34)32(27(35)31-22)15-24(33)30-21-11-7-6-10-20(21)29/h3-14H,2,15-16H2,1H3,(H,30,33)(H,31,35)/b22-13+. The van der Waals surface area contributed by atoms with Crippen LogP contribution in [0.15, 0.2) is 76.9 Å². The number of hydrogen-bond donors (Lipinski definition) is 2. The van der Waals surface area contributed by atoms with Gasteiger partial charge in [0.2, 0.25) is 5.91 Å². The fourth-order valence-corrected chi connectivity index (χ4v) is 4.16. The van der Waals surface area contributed by atoms with Gasteiger partial charge < -0.3 is 20.1 Å². The van der Waals surface area contributed by atoms with Crippen molar-refractivity contribution in [2.45, 2.75) is 13.5 Å². The fraction of sp³-hybridized carbons (Fsp3) is 0.148. The first-order valence-corrected chi connectivity index (χ1v) is 12.2. The van der Waals surface area contributed by atoms with E-state index < -0.39 is 30.2 Å². The molecule has 0 atom stereocenters. The average molecular weight is 568 g/mol. The van der Waals surface area contributed by atoms with E-state index in [9.17, 15) is 18.8 Å². The summed E-state index contributed by atoms with van der Waals surface area (Å²) >= 11 is 3.50. The van der Waals surface area contributed by atoms with Crippen molar-refractivity contribution in [2.75, 3.05) is 18.5 Å². The number of benzene rings is 3. The van der Waals surface area contributed by atoms with Gasteiger partial charge in [-0.1, -0.05) is 42.5 Å². The fourth-order valence-electron chi connectivity index (χ4n) is 3.58. The highest BCUT2D eigenvalue weighted by Crippen LogP contribution is 2.38. The maximum absolute atomic E-state index is 13.8. The molecule has 3 aromatic rings. The van der Waals surface area contributed by atoms with E-state index in [0.29, 0.717) is 34.7 Å². The van der Waals surface area contributed by atoms with E-state index in [4.69, 9.17) is 9.47 Å².